The number of hydrogen-bond acceptors (Lipinski definition) is 5. The van der Waals surface area contributed by atoms with Gasteiger partial charge in [-0.3, -0.25) is 0 Å². The molecule has 5 heteroatoms. The number of ether oxygens (including phenoxy) is 1. The maximum atomic E-state index is 10.9. The number of aliphatic hydroxyl groups excluding tert-OH is 2. The van der Waals surface area contributed by atoms with Crippen molar-refractivity contribution in [3.63, 3.8) is 0 Å². The Kier molecular flexibility index (Phi) is 3.62. The SMILES string of the molecule is COC(=O)C(O)C(O)c1ccsc1C. The Morgan fingerprint density at radius 1 is 1.57 bits per heavy atom. The van der Waals surface area contributed by atoms with E-state index < -0.39 is 18.2 Å². The van der Waals surface area contributed by atoms with Crippen LogP contribution in [0.4, 0.5) is 0 Å². The van der Waals surface area contributed by atoms with Crippen LogP contribution in [0, 0.1) is 6.92 Å². The summed E-state index contributed by atoms with van der Waals surface area (Å²) in [6.45, 7) is 1.81. The maximum absolute atomic E-state index is 10.9. The number of hydrogen-bond donors (Lipinski definition) is 2. The van der Waals surface area contributed by atoms with Crippen LogP contribution in [0.3, 0.4) is 0 Å². The lowest BCUT2D eigenvalue weighted by atomic mass is 10.1. The molecule has 78 valence electrons. The predicted molar refractivity (Wildman–Crippen MR) is 52.0 cm³/mol. The number of thiophene rings is 1. The van der Waals surface area contributed by atoms with E-state index in [1.807, 2.05) is 6.92 Å². The first-order chi connectivity index (χ1) is 6.57. The molecule has 1 heterocycles. The summed E-state index contributed by atoms with van der Waals surface area (Å²) in [4.78, 5) is 11.8. The van der Waals surface area contributed by atoms with Gasteiger partial charge >= 0.3 is 5.97 Å². The van der Waals surface area contributed by atoms with Crippen LogP contribution in [0.5, 0.6) is 0 Å². The average molecular weight is 216 g/mol. The molecule has 2 N–H and O–H groups in total. The number of esters is 1. The topological polar surface area (TPSA) is 66.8 Å². The van der Waals surface area contributed by atoms with Crippen LogP contribution < -0.4 is 0 Å². The Morgan fingerprint density at radius 3 is 2.64 bits per heavy atom. The quantitative estimate of drug-likeness (QED) is 0.727. The summed E-state index contributed by atoms with van der Waals surface area (Å²) >= 11 is 1.45. The van der Waals surface area contributed by atoms with Crippen molar-refractivity contribution in [2.24, 2.45) is 0 Å². The van der Waals surface area contributed by atoms with E-state index in [2.05, 4.69) is 4.74 Å². The lowest BCUT2D eigenvalue weighted by Crippen LogP contribution is -2.29. The van der Waals surface area contributed by atoms with E-state index in [-0.39, 0.29) is 0 Å². The molecule has 2 unspecified atom stereocenters. The summed E-state index contributed by atoms with van der Waals surface area (Å²) in [7, 11) is 1.17. The molecule has 0 aliphatic carbocycles. The largest absolute Gasteiger partial charge is 0.467 e. The number of carbonyl (C=O) groups excluding carboxylic acids is 1. The number of carbonyl (C=O) groups is 1. The van der Waals surface area contributed by atoms with Crippen molar-refractivity contribution in [1.29, 1.82) is 0 Å². The second kappa shape index (κ2) is 4.54. The molecule has 0 fully saturated rings. The van der Waals surface area contributed by atoms with Crippen molar-refractivity contribution in [3.05, 3.63) is 21.9 Å². The fraction of sp³-hybridized carbons (Fsp3) is 0.444. The highest BCUT2D eigenvalue weighted by Crippen LogP contribution is 2.25. The fourth-order valence-corrected chi connectivity index (χ4v) is 1.86. The monoisotopic (exact) mass is 216 g/mol. The van der Waals surface area contributed by atoms with Crippen molar-refractivity contribution >= 4 is 17.3 Å². The first-order valence-corrected chi connectivity index (χ1v) is 4.94. The number of aryl methyl sites for hydroxylation is 1. The lowest BCUT2D eigenvalue weighted by Gasteiger charge is -2.15. The summed E-state index contributed by atoms with van der Waals surface area (Å²) in [5, 5.41) is 20.8. The Morgan fingerprint density at radius 2 is 2.21 bits per heavy atom. The van der Waals surface area contributed by atoms with Gasteiger partial charge in [0.15, 0.2) is 6.10 Å². The molecule has 4 nitrogen and oxygen atoms in total. The van der Waals surface area contributed by atoms with Gasteiger partial charge in [0.05, 0.1) is 7.11 Å². The van der Waals surface area contributed by atoms with Crippen LogP contribution in [0.15, 0.2) is 11.4 Å². The van der Waals surface area contributed by atoms with E-state index in [9.17, 15) is 15.0 Å². The molecule has 0 amide bonds. The highest BCUT2D eigenvalue weighted by atomic mass is 32.1. The molecular weight excluding hydrogens is 204 g/mol. The number of methoxy groups -OCH3 is 1. The Hall–Kier alpha value is -0.910. The van der Waals surface area contributed by atoms with Gasteiger partial charge in [-0.1, -0.05) is 0 Å². The zero-order chi connectivity index (χ0) is 10.7. The van der Waals surface area contributed by atoms with E-state index in [1.165, 1.54) is 18.4 Å². The molecule has 2 atom stereocenters. The minimum atomic E-state index is -1.52. The summed E-state index contributed by atoms with van der Waals surface area (Å²) in [5.41, 5.74) is 0.563. The summed E-state index contributed by atoms with van der Waals surface area (Å²) < 4.78 is 4.33. The molecule has 0 bridgehead atoms. The second-order valence-corrected chi connectivity index (χ2v) is 3.97. The van der Waals surface area contributed by atoms with Gasteiger partial charge in [-0.05, 0) is 23.9 Å². The molecule has 0 spiro atoms. The molecule has 0 aliphatic rings. The molecule has 1 rings (SSSR count). The van der Waals surface area contributed by atoms with E-state index in [4.69, 9.17) is 0 Å². The second-order valence-electron chi connectivity index (χ2n) is 2.84. The van der Waals surface area contributed by atoms with Gasteiger partial charge in [0.1, 0.15) is 6.10 Å². The van der Waals surface area contributed by atoms with Gasteiger partial charge in [-0.25, -0.2) is 4.79 Å². The van der Waals surface area contributed by atoms with Crippen LogP contribution in [0.1, 0.15) is 16.5 Å². The van der Waals surface area contributed by atoms with Crippen LogP contribution in [-0.2, 0) is 9.53 Å². The molecule has 1 aromatic heterocycles. The first-order valence-electron chi connectivity index (χ1n) is 4.06. The van der Waals surface area contributed by atoms with Gasteiger partial charge in [0.2, 0.25) is 0 Å². The minimum absolute atomic E-state index is 0.563. The standard InChI is InChI=1S/C9H12O4S/c1-5-6(3-4-14-5)7(10)8(11)9(12)13-2/h3-4,7-8,10-11H,1-2H3. The highest BCUT2D eigenvalue weighted by molar-refractivity contribution is 7.10. The molecule has 0 aromatic carbocycles. The smallest absolute Gasteiger partial charge is 0.337 e. The third kappa shape index (κ3) is 2.12. The van der Waals surface area contributed by atoms with Crippen molar-refractivity contribution in [3.8, 4) is 0 Å². The Balaban J connectivity index is 2.80. The zero-order valence-electron chi connectivity index (χ0n) is 7.93. The van der Waals surface area contributed by atoms with E-state index in [0.29, 0.717) is 5.56 Å². The average Bonchev–Trinajstić information content (AvgIpc) is 2.61. The Bertz CT molecular complexity index is 320. The number of aliphatic hydroxyl groups is 2. The van der Waals surface area contributed by atoms with E-state index in [1.54, 1.807) is 11.4 Å². The lowest BCUT2D eigenvalue weighted by molar-refractivity contribution is -0.156. The van der Waals surface area contributed by atoms with Crippen molar-refractivity contribution in [2.75, 3.05) is 7.11 Å². The van der Waals surface area contributed by atoms with Gasteiger partial charge in [-0.15, -0.1) is 11.3 Å². The van der Waals surface area contributed by atoms with Crippen LogP contribution >= 0.6 is 11.3 Å². The molecule has 14 heavy (non-hydrogen) atoms. The molecule has 0 radical (unpaired) electrons. The predicted octanol–water partition coefficient (Wildman–Crippen LogP) is 0.624. The van der Waals surface area contributed by atoms with Crippen LogP contribution in [-0.4, -0.2) is 29.4 Å². The van der Waals surface area contributed by atoms with Crippen LogP contribution in [0.2, 0.25) is 0 Å². The van der Waals surface area contributed by atoms with E-state index >= 15 is 0 Å². The van der Waals surface area contributed by atoms with Gasteiger partial charge < -0.3 is 14.9 Å². The van der Waals surface area contributed by atoms with Crippen molar-refractivity contribution in [1.82, 2.24) is 0 Å². The Labute approximate surface area is 85.8 Å². The van der Waals surface area contributed by atoms with Crippen molar-refractivity contribution in [2.45, 2.75) is 19.1 Å². The highest BCUT2D eigenvalue weighted by Gasteiger charge is 2.27. The minimum Gasteiger partial charge on any atom is -0.467 e. The van der Waals surface area contributed by atoms with Gasteiger partial charge in [0.25, 0.3) is 0 Å². The third-order valence-electron chi connectivity index (χ3n) is 1.96. The fourth-order valence-electron chi connectivity index (χ4n) is 1.12. The zero-order valence-corrected chi connectivity index (χ0v) is 8.75. The normalized spacial score (nSPS) is 14.9. The summed E-state index contributed by atoms with van der Waals surface area (Å²) in [5.74, 6) is -0.830. The molecule has 0 aliphatic heterocycles. The van der Waals surface area contributed by atoms with Gasteiger partial charge in [-0.2, -0.15) is 0 Å². The molecular formula is C9H12O4S. The first kappa shape index (κ1) is 11.2. The molecule has 1 aromatic rings. The third-order valence-corrected chi connectivity index (χ3v) is 2.82. The summed E-state index contributed by atoms with van der Waals surface area (Å²) in [6.07, 6.45) is -2.73. The maximum Gasteiger partial charge on any atom is 0.337 e. The molecule has 0 saturated heterocycles. The number of rotatable bonds is 3. The molecule has 0 saturated carbocycles. The van der Waals surface area contributed by atoms with Gasteiger partial charge in [0, 0.05) is 4.88 Å². The van der Waals surface area contributed by atoms with Crippen molar-refractivity contribution < 1.29 is 19.7 Å². The summed E-state index contributed by atoms with van der Waals surface area (Å²) in [6, 6.07) is 1.68. The van der Waals surface area contributed by atoms with Crippen LogP contribution in [0.25, 0.3) is 0 Å². The van der Waals surface area contributed by atoms with E-state index in [0.717, 1.165) is 4.88 Å².